The third-order valence-corrected chi connectivity index (χ3v) is 4.07. The van der Waals surface area contributed by atoms with Crippen LogP contribution in [-0.2, 0) is 51.1 Å². The van der Waals surface area contributed by atoms with Crippen molar-refractivity contribution in [1.82, 2.24) is 0 Å². The van der Waals surface area contributed by atoms with Gasteiger partial charge >= 0.3 is 13.4 Å². The van der Waals surface area contributed by atoms with Crippen molar-refractivity contribution in [3.8, 4) is 0 Å². The fraction of sp³-hybridized carbons (Fsp3) is 0.700. The summed E-state index contributed by atoms with van der Waals surface area (Å²) < 4.78 is 0. The summed E-state index contributed by atoms with van der Waals surface area (Å²) in [7, 11) is 0. The van der Waals surface area contributed by atoms with Crippen molar-refractivity contribution in [3.63, 3.8) is 0 Å². The summed E-state index contributed by atoms with van der Waals surface area (Å²) in [6, 6.07) is 11.7. The van der Waals surface area contributed by atoms with Crippen LogP contribution in [0.3, 0.4) is 0 Å². The van der Waals surface area contributed by atoms with Crippen molar-refractivity contribution in [2.75, 3.05) is 0 Å². The van der Waals surface area contributed by atoms with E-state index >= 15 is 0 Å². The maximum absolute atomic E-state index is 7.56. The molecule has 0 aromatic heterocycles. The van der Waals surface area contributed by atoms with Crippen molar-refractivity contribution in [2.24, 2.45) is 0 Å². The molecule has 1 aromatic carbocycles. The second-order valence-electron chi connectivity index (χ2n) is 7.05. The van der Waals surface area contributed by atoms with Gasteiger partial charge in [0.05, 0.1) is 0 Å². The van der Waals surface area contributed by atoms with Crippen LogP contribution in [0.15, 0.2) is 24.3 Å². The van der Waals surface area contributed by atoms with Crippen LogP contribution in [0.25, 0.3) is 0 Å². The molecule has 0 fully saturated rings. The molecule has 0 aliphatic carbocycles. The molecule has 0 amide bonds. The summed E-state index contributed by atoms with van der Waals surface area (Å²) in [6.07, 6.45) is 18.3. The molecular weight excluding hydrogens is 558 g/mol. The van der Waals surface area contributed by atoms with Crippen molar-refractivity contribution < 1.29 is 50.4 Å². The minimum Gasteiger partial charge on any atom is -0.325 e. The van der Waals surface area contributed by atoms with Crippen molar-refractivity contribution in [1.29, 1.82) is 0 Å². The minimum absolute atomic E-state index is 0. The Kier molecular flexibility index (Phi) is 28.4. The van der Waals surface area contributed by atoms with Gasteiger partial charge in [-0.05, 0) is 23.6 Å². The quantitative estimate of drug-likeness (QED) is 0.0804. The van der Waals surface area contributed by atoms with Crippen LogP contribution in [0.4, 0.5) is 0 Å². The number of aryl methyl sites for hydroxylation is 1. The molecule has 0 heterocycles. The number of benzene rings is 1. The Morgan fingerprint density at radius 1 is 0.677 bits per heavy atom. The van der Waals surface area contributed by atoms with Crippen LogP contribution in [0, 0.1) is 6.07 Å². The zero-order chi connectivity index (χ0) is 23.3. The zero-order valence-corrected chi connectivity index (χ0v) is 23.7. The van der Waals surface area contributed by atoms with E-state index in [1.807, 2.05) is 12.1 Å². The van der Waals surface area contributed by atoms with Gasteiger partial charge in [0.15, 0.2) is 0 Å². The van der Waals surface area contributed by atoms with Gasteiger partial charge in [-0.3, -0.25) is 0 Å². The molecule has 0 bridgehead atoms. The van der Waals surface area contributed by atoms with E-state index in [1.165, 1.54) is 89.0 Å². The first kappa shape index (κ1) is 36.5. The van der Waals surface area contributed by atoms with E-state index in [4.69, 9.17) is 29.4 Å². The van der Waals surface area contributed by atoms with E-state index in [9.17, 15) is 0 Å². The molecule has 0 saturated carbocycles. The van der Waals surface area contributed by atoms with Gasteiger partial charge in [0, 0.05) is 21.1 Å². The molecule has 11 heteroatoms. The van der Waals surface area contributed by atoms with E-state index in [0.29, 0.717) is 0 Å². The summed E-state index contributed by atoms with van der Waals surface area (Å²) in [6.45, 7) is -5.32. The van der Waals surface area contributed by atoms with Crippen LogP contribution in [-0.4, -0.2) is 29.4 Å². The summed E-state index contributed by atoms with van der Waals surface area (Å²) >= 11 is 7.21. The molecule has 0 aliphatic heterocycles. The third kappa shape index (κ3) is 49.3. The smallest absolute Gasteiger partial charge is 0.319 e. The molecular formula is C20H39MoO6P2S2-. The molecule has 0 saturated heterocycles. The van der Waals surface area contributed by atoms with Gasteiger partial charge in [0.25, 0.3) is 0 Å². The van der Waals surface area contributed by atoms with E-state index in [-0.39, 0.29) is 21.1 Å². The summed E-state index contributed by atoms with van der Waals surface area (Å²) in [5.41, 5.74) is 1.37. The number of hydrogen-bond acceptors (Lipinski definition) is 2. The van der Waals surface area contributed by atoms with Gasteiger partial charge in [0.1, 0.15) is 0 Å². The first-order chi connectivity index (χ1) is 13.9. The second kappa shape index (κ2) is 24.1. The molecule has 184 valence electrons. The molecule has 6 nitrogen and oxygen atoms in total. The van der Waals surface area contributed by atoms with Gasteiger partial charge in [0.2, 0.25) is 0 Å². The molecule has 31 heavy (non-hydrogen) atoms. The molecule has 0 radical (unpaired) electrons. The third-order valence-electron chi connectivity index (χ3n) is 4.07. The molecule has 0 aliphatic rings. The van der Waals surface area contributed by atoms with E-state index in [0.717, 1.165) is 0 Å². The molecule has 0 atom stereocenters. The Balaban J connectivity index is -0.000000595. The van der Waals surface area contributed by atoms with Crippen molar-refractivity contribution >= 4 is 37.1 Å². The van der Waals surface area contributed by atoms with Crippen LogP contribution in [0.1, 0.15) is 89.5 Å². The Hall–Kier alpha value is 0.968. The SMILES string of the molecule is CCCCCCCCCCCCCCc1[c-]cccc1.OP(O)(O)=S.OP(O)(O)=S.[Mo]. The van der Waals surface area contributed by atoms with E-state index in [1.54, 1.807) is 0 Å². The minimum atomic E-state index is -3.81. The Morgan fingerprint density at radius 2 is 1.03 bits per heavy atom. The normalized spacial score (nSPS) is 10.8. The summed E-state index contributed by atoms with van der Waals surface area (Å²) in [5.74, 6) is 0. The average molecular weight is 598 g/mol. The Labute approximate surface area is 212 Å². The predicted octanol–water partition coefficient (Wildman–Crippen LogP) is 5.10. The van der Waals surface area contributed by atoms with Gasteiger partial charge in [-0.25, -0.2) is 0 Å². The van der Waals surface area contributed by atoms with E-state index in [2.05, 4.69) is 48.7 Å². The largest absolute Gasteiger partial charge is 0.325 e. The van der Waals surface area contributed by atoms with Gasteiger partial charge < -0.3 is 29.4 Å². The monoisotopic (exact) mass is 599 g/mol. The number of unbranched alkanes of at least 4 members (excludes halogenated alkanes) is 11. The Bertz CT molecular complexity index is 548. The fourth-order valence-electron chi connectivity index (χ4n) is 2.74. The Morgan fingerprint density at radius 3 is 1.35 bits per heavy atom. The first-order valence-electron chi connectivity index (χ1n) is 10.5. The molecule has 1 aromatic rings. The van der Waals surface area contributed by atoms with Gasteiger partial charge in [-0.1, -0.05) is 90.4 Å². The van der Waals surface area contributed by atoms with Gasteiger partial charge in [-0.2, -0.15) is 35.9 Å². The molecule has 1 rings (SSSR count). The fourth-order valence-corrected chi connectivity index (χ4v) is 2.74. The second-order valence-corrected chi connectivity index (χ2v) is 12.0. The zero-order valence-electron chi connectivity index (χ0n) is 18.3. The number of rotatable bonds is 13. The van der Waals surface area contributed by atoms with E-state index < -0.39 is 13.4 Å². The van der Waals surface area contributed by atoms with Crippen LogP contribution < -0.4 is 0 Å². The first-order valence-corrected chi connectivity index (χ1v) is 15.8. The van der Waals surface area contributed by atoms with Crippen LogP contribution in [0.2, 0.25) is 0 Å². The predicted molar refractivity (Wildman–Crippen MR) is 132 cm³/mol. The molecule has 0 unspecified atom stereocenters. The molecule has 0 spiro atoms. The van der Waals surface area contributed by atoms with Crippen LogP contribution in [0.5, 0.6) is 0 Å². The maximum atomic E-state index is 7.56. The molecule has 6 N–H and O–H groups in total. The summed E-state index contributed by atoms with van der Waals surface area (Å²) in [4.78, 5) is 45.3. The number of hydrogen-bond donors (Lipinski definition) is 6. The standard InChI is InChI=1S/C20H33.Mo.2H3O3PS/c1-2-3-4-5-6-7-8-9-10-11-12-14-17-20-18-15-13-16-19-20;;2*1-4(2,3)5/h13,15-16,18H,2-12,14,17H2,1H3;;2*(H3,1,2,3,5)/q-1;;;. The van der Waals surface area contributed by atoms with Crippen molar-refractivity contribution in [3.05, 3.63) is 35.9 Å². The van der Waals surface area contributed by atoms with Crippen LogP contribution >= 0.6 is 13.4 Å². The average Bonchev–Trinajstić information content (AvgIpc) is 2.61. The topological polar surface area (TPSA) is 121 Å². The van der Waals surface area contributed by atoms with Gasteiger partial charge in [-0.15, -0.1) is 0 Å². The van der Waals surface area contributed by atoms with Crippen molar-refractivity contribution in [2.45, 2.75) is 90.4 Å². The summed E-state index contributed by atoms with van der Waals surface area (Å²) in [5, 5.41) is 0. The maximum Gasteiger partial charge on any atom is 0.319 e.